The molecule has 0 saturated carbocycles. The molecule has 0 radical (unpaired) electrons. The van der Waals surface area contributed by atoms with E-state index in [4.69, 9.17) is 0 Å². The number of aliphatic carboxylic acids is 1. The highest BCUT2D eigenvalue weighted by molar-refractivity contribution is 6.18. The summed E-state index contributed by atoms with van der Waals surface area (Å²) in [6.07, 6.45) is 1.39. The van der Waals surface area contributed by atoms with E-state index in [1.165, 1.54) is 0 Å². The van der Waals surface area contributed by atoms with Gasteiger partial charge in [-0.2, -0.15) is 0 Å². The summed E-state index contributed by atoms with van der Waals surface area (Å²) in [5, 5.41) is 19.9. The van der Waals surface area contributed by atoms with Crippen LogP contribution >= 0.6 is 0 Å². The fraction of sp³-hybridized carbons (Fsp3) is 0.100. The lowest BCUT2D eigenvalue weighted by molar-refractivity contribution is -0.141. The second kappa shape index (κ2) is 6.54. The van der Waals surface area contributed by atoms with Crippen LogP contribution < -0.4 is 0 Å². The Morgan fingerprint density at radius 2 is 1.50 bits per heavy atom. The standard InChI is InChI=1S/C20H16O4/c21-17-12-15(20(23)24)11-16(13-7-3-1-4-8-13)18(17)19(22)14-9-5-2-6-10-14/h1-11,15,22H,12H2,(H,23,24)/b19-18-/t15-/m1/s1. The summed E-state index contributed by atoms with van der Waals surface area (Å²) in [6, 6.07) is 17.8. The van der Waals surface area contributed by atoms with Crippen molar-refractivity contribution >= 4 is 23.1 Å². The minimum Gasteiger partial charge on any atom is -0.507 e. The van der Waals surface area contributed by atoms with Crippen LogP contribution in [0.3, 0.4) is 0 Å². The molecule has 0 saturated heterocycles. The van der Waals surface area contributed by atoms with Gasteiger partial charge in [0.15, 0.2) is 5.78 Å². The largest absolute Gasteiger partial charge is 0.507 e. The molecule has 1 aliphatic rings. The van der Waals surface area contributed by atoms with E-state index >= 15 is 0 Å². The molecule has 3 rings (SSSR count). The van der Waals surface area contributed by atoms with E-state index < -0.39 is 11.9 Å². The van der Waals surface area contributed by atoms with E-state index in [0.29, 0.717) is 16.7 Å². The summed E-state index contributed by atoms with van der Waals surface area (Å²) in [6.45, 7) is 0. The molecule has 2 aromatic rings. The Labute approximate surface area is 139 Å². The first-order valence-corrected chi connectivity index (χ1v) is 7.60. The van der Waals surface area contributed by atoms with E-state index in [-0.39, 0.29) is 23.5 Å². The Kier molecular flexibility index (Phi) is 4.29. The quantitative estimate of drug-likeness (QED) is 0.668. The molecule has 2 aromatic carbocycles. The number of Topliss-reactive ketones (excluding diaryl/α,β-unsaturated/α-hetero) is 1. The van der Waals surface area contributed by atoms with Crippen molar-refractivity contribution in [1.82, 2.24) is 0 Å². The number of hydrogen-bond donors (Lipinski definition) is 2. The normalized spacial score (nSPS) is 19.6. The first-order chi connectivity index (χ1) is 11.6. The highest BCUT2D eigenvalue weighted by Gasteiger charge is 2.32. The summed E-state index contributed by atoms with van der Waals surface area (Å²) < 4.78 is 0. The molecule has 4 heteroatoms. The van der Waals surface area contributed by atoms with Gasteiger partial charge in [-0.15, -0.1) is 0 Å². The van der Waals surface area contributed by atoms with Gasteiger partial charge in [0.05, 0.1) is 11.5 Å². The number of carboxylic acid groups (broad SMARTS) is 1. The molecule has 0 bridgehead atoms. The van der Waals surface area contributed by atoms with Gasteiger partial charge in [0, 0.05) is 12.0 Å². The van der Waals surface area contributed by atoms with Crippen molar-refractivity contribution in [2.45, 2.75) is 6.42 Å². The molecule has 0 heterocycles. The minimum atomic E-state index is -1.05. The first kappa shape index (κ1) is 15.7. The number of carbonyl (C=O) groups excluding carboxylic acids is 1. The number of allylic oxidation sites excluding steroid dienone is 2. The summed E-state index contributed by atoms with van der Waals surface area (Å²) in [4.78, 5) is 23.9. The number of aliphatic hydroxyl groups is 1. The molecule has 120 valence electrons. The number of aliphatic hydroxyl groups excluding tert-OH is 1. The Hall–Kier alpha value is -3.14. The molecule has 0 unspecified atom stereocenters. The van der Waals surface area contributed by atoms with Crippen molar-refractivity contribution < 1.29 is 19.8 Å². The average Bonchev–Trinajstić information content (AvgIpc) is 2.62. The van der Waals surface area contributed by atoms with E-state index in [0.717, 1.165) is 0 Å². The smallest absolute Gasteiger partial charge is 0.310 e. The zero-order valence-corrected chi connectivity index (χ0v) is 12.8. The van der Waals surface area contributed by atoms with Crippen molar-refractivity contribution in [2.75, 3.05) is 0 Å². The number of rotatable bonds is 3. The minimum absolute atomic E-state index is 0.125. The van der Waals surface area contributed by atoms with E-state index in [1.54, 1.807) is 42.5 Å². The van der Waals surface area contributed by atoms with Crippen molar-refractivity contribution in [3.05, 3.63) is 83.4 Å². The zero-order chi connectivity index (χ0) is 17.1. The molecule has 0 aromatic heterocycles. The molecule has 0 fully saturated rings. The van der Waals surface area contributed by atoms with Crippen LogP contribution in [0.15, 0.2) is 72.3 Å². The topological polar surface area (TPSA) is 74.6 Å². The lowest BCUT2D eigenvalue weighted by atomic mass is 9.81. The van der Waals surface area contributed by atoms with E-state index in [9.17, 15) is 19.8 Å². The third-order valence-electron chi connectivity index (χ3n) is 4.01. The van der Waals surface area contributed by atoms with Crippen LogP contribution in [0, 0.1) is 5.92 Å². The van der Waals surface area contributed by atoms with Gasteiger partial charge in [-0.25, -0.2) is 0 Å². The number of hydrogen-bond acceptors (Lipinski definition) is 3. The lowest BCUT2D eigenvalue weighted by Gasteiger charge is -2.22. The first-order valence-electron chi connectivity index (χ1n) is 7.60. The van der Waals surface area contributed by atoms with Crippen LogP contribution in [0.4, 0.5) is 0 Å². The van der Waals surface area contributed by atoms with Crippen LogP contribution in [-0.2, 0) is 9.59 Å². The van der Waals surface area contributed by atoms with Gasteiger partial charge >= 0.3 is 5.97 Å². The third kappa shape index (κ3) is 2.99. The molecule has 0 aliphatic heterocycles. The van der Waals surface area contributed by atoms with E-state index in [1.807, 2.05) is 24.3 Å². The summed E-state index contributed by atoms with van der Waals surface area (Å²) in [7, 11) is 0. The van der Waals surface area contributed by atoms with Crippen molar-refractivity contribution in [2.24, 2.45) is 5.92 Å². The Balaban J connectivity index is 2.21. The second-order valence-electron chi connectivity index (χ2n) is 5.61. The molecule has 2 N–H and O–H groups in total. The molecule has 0 spiro atoms. The van der Waals surface area contributed by atoms with Gasteiger partial charge in [-0.3, -0.25) is 9.59 Å². The van der Waals surface area contributed by atoms with Gasteiger partial charge in [-0.05, 0) is 11.1 Å². The van der Waals surface area contributed by atoms with Crippen molar-refractivity contribution in [1.29, 1.82) is 0 Å². The van der Waals surface area contributed by atoms with Crippen LogP contribution in [0.25, 0.3) is 11.3 Å². The SMILES string of the molecule is O=C1C[C@H](C(=O)O)C=C(c2ccccc2)/C1=C(/O)c1ccccc1. The number of carboxylic acids is 1. The van der Waals surface area contributed by atoms with Gasteiger partial charge in [0.2, 0.25) is 0 Å². The van der Waals surface area contributed by atoms with Gasteiger partial charge in [0.1, 0.15) is 5.76 Å². The number of benzene rings is 2. The molecule has 0 amide bonds. The van der Waals surface area contributed by atoms with Crippen LogP contribution in [0.2, 0.25) is 0 Å². The maximum Gasteiger partial charge on any atom is 0.310 e. The summed E-state index contributed by atoms with van der Waals surface area (Å²) in [5.41, 5.74) is 1.86. The molecular weight excluding hydrogens is 304 g/mol. The van der Waals surface area contributed by atoms with Gasteiger partial charge in [-0.1, -0.05) is 66.7 Å². The molecule has 1 aliphatic carbocycles. The van der Waals surface area contributed by atoms with Gasteiger partial charge < -0.3 is 10.2 Å². The predicted octanol–water partition coefficient (Wildman–Crippen LogP) is 3.71. The zero-order valence-electron chi connectivity index (χ0n) is 12.8. The third-order valence-corrected chi connectivity index (χ3v) is 4.01. The Morgan fingerprint density at radius 3 is 2.08 bits per heavy atom. The number of carbonyl (C=O) groups is 2. The van der Waals surface area contributed by atoms with Crippen molar-refractivity contribution in [3.63, 3.8) is 0 Å². The summed E-state index contributed by atoms with van der Waals surface area (Å²) in [5.74, 6) is -2.43. The van der Waals surface area contributed by atoms with Crippen molar-refractivity contribution in [3.8, 4) is 0 Å². The maximum absolute atomic E-state index is 12.6. The fourth-order valence-corrected chi connectivity index (χ4v) is 2.81. The maximum atomic E-state index is 12.6. The summed E-state index contributed by atoms with van der Waals surface area (Å²) >= 11 is 0. The monoisotopic (exact) mass is 320 g/mol. The average molecular weight is 320 g/mol. The molecule has 1 atom stereocenters. The number of ketones is 1. The van der Waals surface area contributed by atoms with Crippen LogP contribution in [0.5, 0.6) is 0 Å². The molecular formula is C20H16O4. The Morgan fingerprint density at radius 1 is 0.917 bits per heavy atom. The lowest BCUT2D eigenvalue weighted by Crippen LogP contribution is -2.23. The van der Waals surface area contributed by atoms with Crippen LogP contribution in [0.1, 0.15) is 17.5 Å². The van der Waals surface area contributed by atoms with Crippen LogP contribution in [-0.4, -0.2) is 22.0 Å². The van der Waals surface area contributed by atoms with Gasteiger partial charge in [0.25, 0.3) is 0 Å². The highest BCUT2D eigenvalue weighted by Crippen LogP contribution is 2.36. The molecule has 4 nitrogen and oxygen atoms in total. The second-order valence-corrected chi connectivity index (χ2v) is 5.61. The predicted molar refractivity (Wildman–Crippen MR) is 91.2 cm³/mol. The van der Waals surface area contributed by atoms with E-state index in [2.05, 4.69) is 0 Å². The highest BCUT2D eigenvalue weighted by atomic mass is 16.4. The molecule has 24 heavy (non-hydrogen) atoms. The Bertz CT molecular complexity index is 832. The fourth-order valence-electron chi connectivity index (χ4n) is 2.81.